The van der Waals surface area contributed by atoms with E-state index in [0.717, 1.165) is 31.2 Å². The summed E-state index contributed by atoms with van der Waals surface area (Å²) in [5.74, 6) is -0.395. The van der Waals surface area contributed by atoms with Crippen LogP contribution < -0.4 is 0 Å². The lowest BCUT2D eigenvalue weighted by Crippen LogP contribution is -2.15. The number of halogens is 3. The number of benzene rings is 1. The van der Waals surface area contributed by atoms with Gasteiger partial charge in [-0.2, -0.15) is 13.2 Å². The molecule has 0 aliphatic heterocycles. The fourth-order valence-electron chi connectivity index (χ4n) is 2.34. The number of alkyl halides is 3. The Bertz CT molecular complexity index is 751. The third-order valence-electron chi connectivity index (χ3n) is 3.66. The van der Waals surface area contributed by atoms with E-state index in [1.807, 2.05) is 0 Å². The molecule has 1 atom stereocenters. The van der Waals surface area contributed by atoms with Gasteiger partial charge in [0.2, 0.25) is 0 Å². The number of nitrogens with zero attached hydrogens (tertiary/aromatic N) is 1. The zero-order chi connectivity index (χ0) is 16.8. The molecule has 1 heterocycles. The molecular formula is C15H12F3NO3S. The maximum absolute atomic E-state index is 13.3. The van der Waals surface area contributed by atoms with Crippen molar-refractivity contribution in [3.63, 3.8) is 0 Å². The van der Waals surface area contributed by atoms with E-state index in [1.54, 1.807) is 0 Å². The maximum Gasteiger partial charge on any atom is 0.417 e. The number of hydrogen-bond acceptors (Lipinski definition) is 4. The summed E-state index contributed by atoms with van der Waals surface area (Å²) in [4.78, 5) is 12.5. The first-order chi connectivity index (χ1) is 10.8. The Balaban J connectivity index is 2.07. The summed E-state index contributed by atoms with van der Waals surface area (Å²) >= 11 is -1.58. The Hall–Kier alpha value is -1.80. The minimum absolute atomic E-state index is 0.0154. The highest BCUT2D eigenvalue weighted by Crippen LogP contribution is 2.42. The van der Waals surface area contributed by atoms with Crippen LogP contribution in [0.2, 0.25) is 0 Å². The highest BCUT2D eigenvalue weighted by Gasteiger charge is 2.39. The number of ketones is 1. The Morgan fingerprint density at radius 2 is 2.04 bits per heavy atom. The molecule has 8 heteroatoms. The molecule has 122 valence electrons. The van der Waals surface area contributed by atoms with Crippen molar-refractivity contribution in [3.8, 4) is 0 Å². The topological polar surface area (TPSA) is 66.2 Å². The van der Waals surface area contributed by atoms with Gasteiger partial charge < -0.3 is 9.08 Å². The number of rotatable bonds is 4. The Morgan fingerprint density at radius 1 is 1.35 bits per heavy atom. The second-order valence-electron chi connectivity index (χ2n) is 5.37. The molecule has 0 bridgehead atoms. The SMILES string of the molecule is C[S+]([O-])c1ccc(C(=O)c2cnoc2C2CC2)c(C(F)(F)F)c1. The van der Waals surface area contributed by atoms with Gasteiger partial charge in [0, 0.05) is 17.5 Å². The van der Waals surface area contributed by atoms with Gasteiger partial charge in [0.1, 0.15) is 6.26 Å². The lowest BCUT2D eigenvalue weighted by molar-refractivity contribution is -0.138. The Kier molecular flexibility index (Phi) is 3.97. The van der Waals surface area contributed by atoms with Crippen LogP contribution in [0.4, 0.5) is 13.2 Å². The summed E-state index contributed by atoms with van der Waals surface area (Å²) in [6, 6.07) is 3.09. The molecule has 1 unspecified atom stereocenters. The van der Waals surface area contributed by atoms with Crippen molar-refractivity contribution in [2.24, 2.45) is 0 Å². The van der Waals surface area contributed by atoms with E-state index in [-0.39, 0.29) is 16.4 Å². The molecule has 0 spiro atoms. The molecule has 1 fully saturated rings. The molecular weight excluding hydrogens is 331 g/mol. The van der Waals surface area contributed by atoms with Crippen molar-refractivity contribution in [1.29, 1.82) is 0 Å². The van der Waals surface area contributed by atoms with Crippen LogP contribution in [0.25, 0.3) is 0 Å². The van der Waals surface area contributed by atoms with Crippen LogP contribution in [0.15, 0.2) is 33.8 Å². The molecule has 1 aromatic heterocycles. The summed E-state index contributed by atoms with van der Waals surface area (Å²) in [6.45, 7) is 0. The monoisotopic (exact) mass is 343 g/mol. The molecule has 23 heavy (non-hydrogen) atoms. The predicted molar refractivity (Wildman–Crippen MR) is 75.7 cm³/mol. The van der Waals surface area contributed by atoms with Crippen LogP contribution in [0, 0.1) is 0 Å². The van der Waals surface area contributed by atoms with E-state index in [1.165, 1.54) is 12.3 Å². The van der Waals surface area contributed by atoms with E-state index in [2.05, 4.69) is 5.16 Å². The molecule has 0 amide bonds. The molecule has 1 aliphatic rings. The van der Waals surface area contributed by atoms with E-state index >= 15 is 0 Å². The standard InChI is InChI=1S/C15H12F3NO3S/c1-23(21)9-4-5-10(12(6-9)15(16,17)18)13(20)11-7-19-22-14(11)8-2-3-8/h4-8H,2-3H2,1H3. The minimum atomic E-state index is -4.72. The third kappa shape index (κ3) is 3.13. The number of carbonyl (C=O) groups excluding carboxylic acids is 1. The van der Waals surface area contributed by atoms with Crippen LogP contribution in [0.5, 0.6) is 0 Å². The van der Waals surface area contributed by atoms with Gasteiger partial charge in [-0.3, -0.25) is 4.79 Å². The Labute approximate surface area is 132 Å². The van der Waals surface area contributed by atoms with Gasteiger partial charge in [-0.25, -0.2) is 0 Å². The van der Waals surface area contributed by atoms with Gasteiger partial charge in [-0.1, -0.05) is 5.16 Å². The second kappa shape index (κ2) is 5.68. The van der Waals surface area contributed by atoms with Crippen molar-refractivity contribution < 1.29 is 27.0 Å². The first-order valence-corrected chi connectivity index (χ1v) is 8.38. The molecule has 4 nitrogen and oxygen atoms in total. The lowest BCUT2D eigenvalue weighted by atomic mass is 9.97. The fraction of sp³-hybridized carbons (Fsp3) is 0.333. The number of carbonyl (C=O) groups is 1. The van der Waals surface area contributed by atoms with E-state index < -0.39 is 34.3 Å². The molecule has 1 aromatic carbocycles. The summed E-state index contributed by atoms with van der Waals surface area (Å²) in [6.07, 6.45) is -0.633. The van der Waals surface area contributed by atoms with E-state index in [4.69, 9.17) is 4.52 Å². The van der Waals surface area contributed by atoms with Crippen molar-refractivity contribution in [2.45, 2.75) is 29.8 Å². The number of hydrogen-bond donors (Lipinski definition) is 0. The number of aromatic nitrogens is 1. The third-order valence-corrected chi connectivity index (χ3v) is 4.58. The van der Waals surface area contributed by atoms with E-state index in [9.17, 15) is 22.5 Å². The van der Waals surface area contributed by atoms with Crippen molar-refractivity contribution in [1.82, 2.24) is 5.16 Å². The smallest absolute Gasteiger partial charge is 0.417 e. The van der Waals surface area contributed by atoms with Crippen LogP contribution in [-0.4, -0.2) is 21.7 Å². The van der Waals surface area contributed by atoms with Gasteiger partial charge in [0.05, 0.1) is 17.3 Å². The second-order valence-corrected chi connectivity index (χ2v) is 6.75. The van der Waals surface area contributed by atoms with Crippen LogP contribution in [0.1, 0.15) is 46.0 Å². The average molecular weight is 343 g/mol. The van der Waals surface area contributed by atoms with Crippen LogP contribution >= 0.6 is 0 Å². The molecule has 0 radical (unpaired) electrons. The largest absolute Gasteiger partial charge is 0.612 e. The van der Waals surface area contributed by atoms with Crippen LogP contribution in [-0.2, 0) is 17.4 Å². The first kappa shape index (κ1) is 16.1. The normalized spacial score (nSPS) is 16.4. The molecule has 1 saturated carbocycles. The summed E-state index contributed by atoms with van der Waals surface area (Å²) in [5.41, 5.74) is -1.53. The van der Waals surface area contributed by atoms with Gasteiger partial charge in [-0.05, 0) is 36.2 Å². The highest BCUT2D eigenvalue weighted by molar-refractivity contribution is 7.90. The van der Waals surface area contributed by atoms with Gasteiger partial charge >= 0.3 is 6.18 Å². The molecule has 3 rings (SSSR count). The highest BCUT2D eigenvalue weighted by atomic mass is 32.2. The Morgan fingerprint density at radius 3 is 2.61 bits per heavy atom. The molecule has 1 aliphatic carbocycles. The molecule has 0 N–H and O–H groups in total. The van der Waals surface area contributed by atoms with Gasteiger partial charge in [-0.15, -0.1) is 0 Å². The zero-order valence-corrected chi connectivity index (χ0v) is 12.8. The fourth-order valence-corrected chi connectivity index (χ4v) is 2.88. The zero-order valence-electron chi connectivity index (χ0n) is 12.0. The minimum Gasteiger partial charge on any atom is -0.612 e. The predicted octanol–water partition coefficient (Wildman–Crippen LogP) is 3.54. The maximum atomic E-state index is 13.3. The summed E-state index contributed by atoms with van der Waals surface area (Å²) in [7, 11) is 0. The summed E-state index contributed by atoms with van der Waals surface area (Å²) in [5, 5.41) is 3.54. The first-order valence-electron chi connectivity index (χ1n) is 6.83. The van der Waals surface area contributed by atoms with Crippen LogP contribution in [0.3, 0.4) is 0 Å². The molecule has 0 saturated heterocycles. The van der Waals surface area contributed by atoms with Crippen molar-refractivity contribution >= 4 is 17.0 Å². The molecule has 2 aromatic rings. The average Bonchev–Trinajstić information content (AvgIpc) is 3.22. The van der Waals surface area contributed by atoms with Crippen molar-refractivity contribution in [3.05, 3.63) is 46.8 Å². The van der Waals surface area contributed by atoms with Gasteiger partial charge in [0.25, 0.3) is 0 Å². The van der Waals surface area contributed by atoms with Gasteiger partial charge in [0.15, 0.2) is 16.4 Å². The summed E-state index contributed by atoms with van der Waals surface area (Å²) < 4.78 is 56.3. The lowest BCUT2D eigenvalue weighted by Gasteiger charge is -2.14. The van der Waals surface area contributed by atoms with Crippen molar-refractivity contribution in [2.75, 3.05) is 6.26 Å². The van der Waals surface area contributed by atoms with E-state index in [0.29, 0.717) is 5.76 Å². The quantitative estimate of drug-likeness (QED) is 0.629.